The molecule has 1 nitrogen and oxygen atoms in total. The molecule has 0 amide bonds. The Bertz CT molecular complexity index is 89.6. The quantitative estimate of drug-likeness (QED) is 0.433. The second kappa shape index (κ2) is 6.12. The van der Waals surface area contributed by atoms with Crippen LogP contribution in [0.4, 0.5) is 0 Å². The summed E-state index contributed by atoms with van der Waals surface area (Å²) in [5.41, 5.74) is 0. The number of hydrogen-bond acceptors (Lipinski definition) is 1. The molecule has 0 aromatic heterocycles. The summed E-state index contributed by atoms with van der Waals surface area (Å²) in [4.78, 5) is 2.62. The molecule has 0 radical (unpaired) electrons. The van der Waals surface area contributed by atoms with Crippen LogP contribution in [-0.2, 0) is 0 Å². The molecule has 2 heteroatoms. The van der Waals surface area contributed by atoms with Crippen LogP contribution in [0.2, 0.25) is 5.09 Å². The van der Waals surface area contributed by atoms with Crippen molar-refractivity contribution in [3.05, 3.63) is 0 Å². The van der Waals surface area contributed by atoms with Crippen LogP contribution in [0.5, 0.6) is 0 Å². The van der Waals surface area contributed by atoms with Gasteiger partial charge in [-0.1, -0.05) is 0 Å². The molecule has 60 valence electrons. The van der Waals surface area contributed by atoms with Crippen molar-refractivity contribution in [3.63, 3.8) is 0 Å². The Hall–Kier alpha value is 0.557. The van der Waals surface area contributed by atoms with Gasteiger partial charge in [0.25, 0.3) is 0 Å². The third-order valence-electron chi connectivity index (χ3n) is 2.53. The summed E-state index contributed by atoms with van der Waals surface area (Å²) in [6.45, 7) is 4.08. The fraction of sp³-hybridized carbons (Fsp3) is 1.00. The molecular weight excluding hydrogens is 129 g/mol. The van der Waals surface area contributed by atoms with E-state index in [9.17, 15) is 0 Å². The monoisotopic (exact) mass is 147 g/mol. The minimum absolute atomic E-state index is 1.36. The molecule has 0 bridgehead atoms. The van der Waals surface area contributed by atoms with Crippen LogP contribution in [0.3, 0.4) is 0 Å². The predicted octanol–water partition coefficient (Wildman–Crippen LogP) is 1.84. The van der Waals surface area contributed by atoms with E-state index in [1.165, 1.54) is 56.8 Å². The summed E-state index contributed by atoms with van der Waals surface area (Å²) >= 11 is 2.27. The van der Waals surface area contributed by atoms with Gasteiger partial charge in [0.2, 0.25) is 0 Å². The van der Waals surface area contributed by atoms with E-state index in [1.807, 2.05) is 0 Å². The molecule has 1 aliphatic rings. The number of nitrogens with zero attached hydrogens (tertiary/aromatic N) is 1. The van der Waals surface area contributed by atoms with Gasteiger partial charge in [-0.3, -0.25) is 0 Å². The third kappa shape index (κ3) is 4.21. The van der Waals surface area contributed by atoms with Gasteiger partial charge in [0.15, 0.2) is 0 Å². The van der Waals surface area contributed by atoms with Gasteiger partial charge in [0, 0.05) is 0 Å². The van der Waals surface area contributed by atoms with Crippen LogP contribution < -0.4 is 0 Å². The summed E-state index contributed by atoms with van der Waals surface area (Å²) in [7, 11) is 0. The number of unbranched alkanes of at least 4 members (excludes halogenated alkanes) is 1. The van der Waals surface area contributed by atoms with Gasteiger partial charge < -0.3 is 0 Å². The summed E-state index contributed by atoms with van der Waals surface area (Å²) < 4.78 is 0. The zero-order valence-electron chi connectivity index (χ0n) is 7.81. The normalized spacial score (nSPS) is 20.5. The molecule has 1 fully saturated rings. The Morgan fingerprint density at radius 3 is 2.36 bits per heavy atom. The summed E-state index contributed by atoms with van der Waals surface area (Å²) in [5, 5.41) is 1.36. The van der Waals surface area contributed by atoms with E-state index in [0.29, 0.717) is 0 Å². The van der Waals surface area contributed by atoms with E-state index in [0.717, 1.165) is 0 Å². The molecule has 1 rings (SSSR count). The molecule has 0 aromatic carbocycles. The van der Waals surface area contributed by atoms with Crippen molar-refractivity contribution in [3.8, 4) is 0 Å². The summed E-state index contributed by atoms with van der Waals surface area (Å²) in [5.74, 6) is 0. The SMILES string of the molecule is [Li][CH2]CCCN1CCCCC1. The molecule has 0 aliphatic carbocycles. The Morgan fingerprint density at radius 1 is 1.00 bits per heavy atom. The molecule has 11 heavy (non-hydrogen) atoms. The van der Waals surface area contributed by atoms with E-state index < -0.39 is 0 Å². The first kappa shape index (κ1) is 9.64. The molecule has 0 atom stereocenters. The van der Waals surface area contributed by atoms with Crippen molar-refractivity contribution in [1.82, 2.24) is 4.90 Å². The molecule has 0 unspecified atom stereocenters. The van der Waals surface area contributed by atoms with Gasteiger partial charge in [-0.2, -0.15) is 0 Å². The van der Waals surface area contributed by atoms with Gasteiger partial charge >= 0.3 is 79.4 Å². The Morgan fingerprint density at radius 2 is 1.73 bits per heavy atom. The van der Waals surface area contributed by atoms with Crippen LogP contribution in [0, 0.1) is 0 Å². The van der Waals surface area contributed by atoms with Gasteiger partial charge in [0.1, 0.15) is 0 Å². The maximum absolute atomic E-state index is 2.62. The Kier molecular flexibility index (Phi) is 5.36. The van der Waals surface area contributed by atoms with Crippen molar-refractivity contribution in [2.75, 3.05) is 19.6 Å². The first-order chi connectivity index (χ1) is 5.43. The predicted molar refractivity (Wildman–Crippen MR) is 50.1 cm³/mol. The molecule has 1 aliphatic heterocycles. The van der Waals surface area contributed by atoms with Gasteiger partial charge in [-0.25, -0.2) is 0 Å². The summed E-state index contributed by atoms with van der Waals surface area (Å²) in [6, 6.07) is 0. The fourth-order valence-corrected chi connectivity index (χ4v) is 1.77. The van der Waals surface area contributed by atoms with Crippen LogP contribution in [0.1, 0.15) is 32.1 Å². The summed E-state index contributed by atoms with van der Waals surface area (Å²) in [6.07, 6.45) is 7.16. The number of hydrogen-bond donors (Lipinski definition) is 0. The Balaban J connectivity index is 1.96. The topological polar surface area (TPSA) is 3.24 Å². The van der Waals surface area contributed by atoms with Crippen LogP contribution in [0.15, 0.2) is 0 Å². The maximum atomic E-state index is 2.62. The Labute approximate surface area is 79.7 Å². The first-order valence-corrected chi connectivity index (χ1v) is 5.16. The number of rotatable bonds is 4. The number of piperidine rings is 1. The van der Waals surface area contributed by atoms with E-state index in [4.69, 9.17) is 0 Å². The van der Waals surface area contributed by atoms with Crippen molar-refractivity contribution >= 4 is 17.7 Å². The van der Waals surface area contributed by atoms with Crippen LogP contribution in [0.25, 0.3) is 0 Å². The van der Waals surface area contributed by atoms with Gasteiger partial charge in [-0.05, 0) is 0 Å². The second-order valence-corrected chi connectivity index (χ2v) is 3.61. The van der Waals surface area contributed by atoms with Gasteiger partial charge in [0.05, 0.1) is 0 Å². The van der Waals surface area contributed by atoms with E-state index >= 15 is 0 Å². The molecular formula is C9H18LiN. The second-order valence-electron chi connectivity index (χ2n) is 3.61. The number of likely N-dealkylation sites (tertiary alicyclic amines) is 1. The fourth-order valence-electron chi connectivity index (χ4n) is 1.77. The molecule has 0 spiro atoms. The zero-order chi connectivity index (χ0) is 7.94. The standard InChI is InChI=1S/C9H18N.Li/c1-2-3-7-10-8-5-4-6-9-10;/h1-9H2;. The molecule has 0 aromatic rings. The molecule has 1 saturated heterocycles. The van der Waals surface area contributed by atoms with Crippen molar-refractivity contribution in [1.29, 1.82) is 0 Å². The van der Waals surface area contributed by atoms with E-state index in [1.54, 1.807) is 0 Å². The molecule has 0 N–H and O–H groups in total. The van der Waals surface area contributed by atoms with Crippen LogP contribution >= 0.6 is 0 Å². The van der Waals surface area contributed by atoms with E-state index in [-0.39, 0.29) is 0 Å². The average Bonchev–Trinajstić information content (AvgIpc) is 2.07. The van der Waals surface area contributed by atoms with Crippen molar-refractivity contribution in [2.24, 2.45) is 0 Å². The van der Waals surface area contributed by atoms with Gasteiger partial charge in [-0.15, -0.1) is 0 Å². The average molecular weight is 147 g/mol. The van der Waals surface area contributed by atoms with Crippen molar-refractivity contribution in [2.45, 2.75) is 37.2 Å². The van der Waals surface area contributed by atoms with Crippen molar-refractivity contribution < 1.29 is 0 Å². The minimum atomic E-state index is 1.36. The third-order valence-corrected chi connectivity index (χ3v) is 2.53. The molecule has 1 heterocycles. The first-order valence-electron chi connectivity index (χ1n) is 5.16. The van der Waals surface area contributed by atoms with Crippen LogP contribution in [-0.4, -0.2) is 42.2 Å². The zero-order valence-corrected chi connectivity index (χ0v) is 7.81. The molecule has 0 saturated carbocycles. The van der Waals surface area contributed by atoms with E-state index in [2.05, 4.69) is 22.6 Å².